The molecule has 3 heteroatoms. The molecule has 1 amide bonds. The lowest BCUT2D eigenvalue weighted by Gasteiger charge is -2.35. The van der Waals surface area contributed by atoms with Crippen LogP contribution in [0.2, 0.25) is 0 Å². The molecule has 0 bridgehead atoms. The minimum atomic E-state index is 0.117. The van der Waals surface area contributed by atoms with Crippen LogP contribution in [0.5, 0.6) is 0 Å². The molecule has 1 N–H and O–H groups in total. The van der Waals surface area contributed by atoms with Crippen LogP contribution >= 0.6 is 0 Å². The Morgan fingerprint density at radius 3 is 2.59 bits per heavy atom. The predicted molar refractivity (Wildman–Crippen MR) is 69.9 cm³/mol. The molecule has 17 heavy (non-hydrogen) atoms. The summed E-state index contributed by atoms with van der Waals surface area (Å²) in [5.74, 6) is 1.23. The van der Waals surface area contributed by atoms with Crippen molar-refractivity contribution in [2.24, 2.45) is 5.92 Å². The number of nitrogens with one attached hydrogen (secondary N) is 1. The quantitative estimate of drug-likeness (QED) is 0.817. The standard InChI is InChI=1S/C14H26N2O/c1-2-5-12-7-10-16(11-8-12)14(17)13-6-3-4-9-15-13/h12-13,15H,2-11H2,1H3. The van der Waals surface area contributed by atoms with E-state index in [1.165, 1.54) is 38.5 Å². The highest BCUT2D eigenvalue weighted by atomic mass is 16.2. The number of amides is 1. The van der Waals surface area contributed by atoms with Gasteiger partial charge in [-0.05, 0) is 38.1 Å². The second-order valence-electron chi connectivity index (χ2n) is 5.56. The van der Waals surface area contributed by atoms with Gasteiger partial charge in [0, 0.05) is 13.1 Å². The van der Waals surface area contributed by atoms with Gasteiger partial charge < -0.3 is 10.2 Å². The number of carbonyl (C=O) groups is 1. The van der Waals surface area contributed by atoms with E-state index in [1.807, 2.05) is 0 Å². The van der Waals surface area contributed by atoms with Crippen LogP contribution in [0.15, 0.2) is 0 Å². The average molecular weight is 238 g/mol. The molecule has 2 aliphatic heterocycles. The van der Waals surface area contributed by atoms with Gasteiger partial charge in [-0.1, -0.05) is 26.2 Å². The molecule has 98 valence electrons. The van der Waals surface area contributed by atoms with Crippen LogP contribution in [0, 0.1) is 5.92 Å². The van der Waals surface area contributed by atoms with Crippen LogP contribution in [0.1, 0.15) is 51.9 Å². The molecular formula is C14H26N2O. The van der Waals surface area contributed by atoms with E-state index in [2.05, 4.69) is 17.1 Å². The molecule has 0 aliphatic carbocycles. The van der Waals surface area contributed by atoms with Crippen molar-refractivity contribution in [2.45, 2.75) is 57.9 Å². The van der Waals surface area contributed by atoms with E-state index >= 15 is 0 Å². The molecule has 2 aliphatic rings. The fraction of sp³-hybridized carbons (Fsp3) is 0.929. The molecule has 0 aromatic rings. The first-order valence-corrected chi connectivity index (χ1v) is 7.33. The lowest BCUT2D eigenvalue weighted by molar-refractivity contribution is -0.135. The Labute approximate surface area is 105 Å². The average Bonchev–Trinajstić information content (AvgIpc) is 2.40. The van der Waals surface area contributed by atoms with E-state index in [0.717, 1.165) is 32.0 Å². The third-order valence-corrected chi connectivity index (χ3v) is 4.23. The third kappa shape index (κ3) is 3.44. The Hall–Kier alpha value is -0.570. The SMILES string of the molecule is CCCC1CCN(C(=O)C2CCCCN2)CC1. The first-order valence-electron chi connectivity index (χ1n) is 7.33. The van der Waals surface area contributed by atoms with Gasteiger partial charge in [0.15, 0.2) is 0 Å². The molecule has 0 spiro atoms. The summed E-state index contributed by atoms with van der Waals surface area (Å²) in [7, 11) is 0. The molecule has 0 saturated carbocycles. The minimum absolute atomic E-state index is 0.117. The van der Waals surface area contributed by atoms with Gasteiger partial charge in [-0.3, -0.25) is 4.79 Å². The van der Waals surface area contributed by atoms with E-state index in [-0.39, 0.29) is 6.04 Å². The number of nitrogens with zero attached hydrogens (tertiary/aromatic N) is 1. The van der Waals surface area contributed by atoms with Crippen molar-refractivity contribution in [3.63, 3.8) is 0 Å². The van der Waals surface area contributed by atoms with Crippen LogP contribution in [-0.4, -0.2) is 36.5 Å². The lowest BCUT2D eigenvalue weighted by atomic mass is 9.92. The zero-order chi connectivity index (χ0) is 12.1. The Kier molecular flexibility index (Phi) is 4.84. The van der Waals surface area contributed by atoms with E-state index in [0.29, 0.717) is 5.91 Å². The summed E-state index contributed by atoms with van der Waals surface area (Å²) in [5, 5.41) is 3.36. The molecule has 1 unspecified atom stereocenters. The molecule has 2 heterocycles. The van der Waals surface area contributed by atoms with Crippen molar-refractivity contribution >= 4 is 5.91 Å². The Morgan fingerprint density at radius 1 is 1.24 bits per heavy atom. The van der Waals surface area contributed by atoms with Gasteiger partial charge in [-0.2, -0.15) is 0 Å². The topological polar surface area (TPSA) is 32.3 Å². The summed E-state index contributed by atoms with van der Waals surface area (Å²) in [6.07, 6.45) is 8.51. The lowest BCUT2D eigenvalue weighted by Crippen LogP contribution is -2.50. The van der Waals surface area contributed by atoms with Gasteiger partial charge >= 0.3 is 0 Å². The van der Waals surface area contributed by atoms with Crippen molar-refractivity contribution in [3.8, 4) is 0 Å². The first-order chi connectivity index (χ1) is 8.31. The van der Waals surface area contributed by atoms with Gasteiger partial charge in [0.2, 0.25) is 5.91 Å². The third-order valence-electron chi connectivity index (χ3n) is 4.23. The number of piperidine rings is 2. The van der Waals surface area contributed by atoms with Crippen LogP contribution in [-0.2, 0) is 4.79 Å². The fourth-order valence-electron chi connectivity index (χ4n) is 3.13. The Morgan fingerprint density at radius 2 is 2.00 bits per heavy atom. The van der Waals surface area contributed by atoms with Crippen LogP contribution in [0.4, 0.5) is 0 Å². The highest BCUT2D eigenvalue weighted by Gasteiger charge is 2.28. The number of hydrogen-bond acceptors (Lipinski definition) is 2. The largest absolute Gasteiger partial charge is 0.341 e. The zero-order valence-electron chi connectivity index (χ0n) is 11.1. The molecule has 2 fully saturated rings. The van der Waals surface area contributed by atoms with Gasteiger partial charge in [0.25, 0.3) is 0 Å². The molecule has 0 aromatic heterocycles. The molecule has 0 radical (unpaired) electrons. The summed E-state index contributed by atoms with van der Waals surface area (Å²) in [5.41, 5.74) is 0. The summed E-state index contributed by atoms with van der Waals surface area (Å²) < 4.78 is 0. The molecule has 0 aromatic carbocycles. The Bertz CT molecular complexity index is 241. The van der Waals surface area contributed by atoms with Crippen molar-refractivity contribution in [2.75, 3.05) is 19.6 Å². The second kappa shape index (κ2) is 6.39. The Balaban J connectivity index is 1.77. The van der Waals surface area contributed by atoms with E-state index in [4.69, 9.17) is 0 Å². The summed E-state index contributed by atoms with van der Waals surface area (Å²) in [6.45, 7) is 5.25. The van der Waals surface area contributed by atoms with Crippen LogP contribution in [0.25, 0.3) is 0 Å². The number of carbonyl (C=O) groups excluding carboxylic acids is 1. The highest BCUT2D eigenvalue weighted by molar-refractivity contribution is 5.82. The zero-order valence-corrected chi connectivity index (χ0v) is 11.1. The smallest absolute Gasteiger partial charge is 0.239 e. The summed E-state index contributed by atoms with van der Waals surface area (Å²) >= 11 is 0. The number of rotatable bonds is 3. The molecule has 1 atom stereocenters. The maximum absolute atomic E-state index is 12.3. The van der Waals surface area contributed by atoms with Crippen molar-refractivity contribution < 1.29 is 4.79 Å². The highest BCUT2D eigenvalue weighted by Crippen LogP contribution is 2.22. The van der Waals surface area contributed by atoms with Gasteiger partial charge in [0.05, 0.1) is 6.04 Å². The normalized spacial score (nSPS) is 27.1. The van der Waals surface area contributed by atoms with Crippen molar-refractivity contribution in [1.29, 1.82) is 0 Å². The number of hydrogen-bond donors (Lipinski definition) is 1. The minimum Gasteiger partial charge on any atom is -0.341 e. The van der Waals surface area contributed by atoms with Gasteiger partial charge in [-0.15, -0.1) is 0 Å². The van der Waals surface area contributed by atoms with Crippen LogP contribution < -0.4 is 5.32 Å². The predicted octanol–water partition coefficient (Wildman–Crippen LogP) is 2.17. The fourth-order valence-corrected chi connectivity index (χ4v) is 3.13. The second-order valence-corrected chi connectivity index (χ2v) is 5.56. The van der Waals surface area contributed by atoms with Gasteiger partial charge in [-0.25, -0.2) is 0 Å². The monoisotopic (exact) mass is 238 g/mol. The first kappa shape index (κ1) is 12.9. The molecule has 3 nitrogen and oxygen atoms in total. The molecule has 2 saturated heterocycles. The maximum atomic E-state index is 12.3. The van der Waals surface area contributed by atoms with Gasteiger partial charge in [0.1, 0.15) is 0 Å². The van der Waals surface area contributed by atoms with E-state index in [9.17, 15) is 4.79 Å². The van der Waals surface area contributed by atoms with Crippen molar-refractivity contribution in [3.05, 3.63) is 0 Å². The molecule has 2 rings (SSSR count). The summed E-state index contributed by atoms with van der Waals surface area (Å²) in [4.78, 5) is 14.4. The summed E-state index contributed by atoms with van der Waals surface area (Å²) in [6, 6.07) is 0.117. The molecular weight excluding hydrogens is 212 g/mol. The van der Waals surface area contributed by atoms with E-state index in [1.54, 1.807) is 0 Å². The number of likely N-dealkylation sites (tertiary alicyclic amines) is 1. The van der Waals surface area contributed by atoms with E-state index < -0.39 is 0 Å². The van der Waals surface area contributed by atoms with Crippen molar-refractivity contribution in [1.82, 2.24) is 10.2 Å². The maximum Gasteiger partial charge on any atom is 0.239 e. The van der Waals surface area contributed by atoms with Crippen LogP contribution in [0.3, 0.4) is 0 Å².